The van der Waals surface area contributed by atoms with Gasteiger partial charge in [0.1, 0.15) is 15.8 Å². The quantitative estimate of drug-likeness (QED) is 0.695. The maximum Gasteiger partial charge on any atom is 0.320 e. The summed E-state index contributed by atoms with van der Waals surface area (Å²) in [6.45, 7) is 6.56. The van der Waals surface area contributed by atoms with E-state index >= 15 is 0 Å². The average Bonchev–Trinajstić information content (AvgIpc) is 3.22. The standard InChI is InChI=1S/C18H22N6OS/c1-12(2)15-11-16(24(23-15)14-7-5-4-6-8-14)20-18(25)19-10-9-17-22-21-13(3)26-17/h4-8,11-12H,9-10H2,1-3H3,(H2,19,20,25). The third-order valence-electron chi connectivity index (χ3n) is 3.75. The Balaban J connectivity index is 1.67. The summed E-state index contributed by atoms with van der Waals surface area (Å²) in [4.78, 5) is 12.3. The summed E-state index contributed by atoms with van der Waals surface area (Å²) in [5, 5.41) is 20.2. The van der Waals surface area contributed by atoms with E-state index in [0.717, 1.165) is 21.4 Å². The number of para-hydroxylation sites is 1. The van der Waals surface area contributed by atoms with Gasteiger partial charge >= 0.3 is 6.03 Å². The lowest BCUT2D eigenvalue weighted by molar-refractivity contribution is 0.252. The van der Waals surface area contributed by atoms with Crippen LogP contribution in [0.25, 0.3) is 5.69 Å². The Hall–Kier alpha value is -2.74. The summed E-state index contributed by atoms with van der Waals surface area (Å²) >= 11 is 1.54. The van der Waals surface area contributed by atoms with Gasteiger partial charge in [0.05, 0.1) is 11.4 Å². The number of urea groups is 1. The van der Waals surface area contributed by atoms with Crippen LogP contribution in [0.5, 0.6) is 0 Å². The van der Waals surface area contributed by atoms with Gasteiger partial charge in [0.15, 0.2) is 0 Å². The van der Waals surface area contributed by atoms with E-state index in [4.69, 9.17) is 0 Å². The summed E-state index contributed by atoms with van der Waals surface area (Å²) in [5.74, 6) is 0.911. The van der Waals surface area contributed by atoms with E-state index in [9.17, 15) is 4.79 Å². The van der Waals surface area contributed by atoms with Crippen molar-refractivity contribution >= 4 is 23.2 Å². The van der Waals surface area contributed by atoms with Crippen LogP contribution in [0.15, 0.2) is 36.4 Å². The topological polar surface area (TPSA) is 84.7 Å². The number of hydrogen-bond donors (Lipinski definition) is 2. The zero-order chi connectivity index (χ0) is 18.5. The number of carbonyl (C=O) groups excluding carboxylic acids is 1. The molecule has 0 fully saturated rings. The maximum absolute atomic E-state index is 12.3. The van der Waals surface area contributed by atoms with Crippen molar-refractivity contribution in [2.75, 3.05) is 11.9 Å². The number of nitrogens with zero attached hydrogens (tertiary/aromatic N) is 4. The molecule has 2 heterocycles. The normalized spacial score (nSPS) is 10.9. The van der Waals surface area contributed by atoms with Crippen LogP contribution in [-0.4, -0.2) is 32.6 Å². The molecule has 2 N–H and O–H groups in total. The van der Waals surface area contributed by atoms with Gasteiger partial charge in [0.25, 0.3) is 0 Å². The SMILES string of the molecule is Cc1nnc(CCNC(=O)Nc2cc(C(C)C)nn2-c2ccccc2)s1. The fraction of sp³-hybridized carbons (Fsp3) is 0.333. The lowest BCUT2D eigenvalue weighted by Crippen LogP contribution is -2.31. The van der Waals surface area contributed by atoms with Crippen LogP contribution in [0.2, 0.25) is 0 Å². The lowest BCUT2D eigenvalue weighted by Gasteiger charge is -2.09. The fourth-order valence-electron chi connectivity index (χ4n) is 2.42. The zero-order valence-corrected chi connectivity index (χ0v) is 15.9. The van der Waals surface area contributed by atoms with Crippen molar-refractivity contribution in [2.45, 2.75) is 33.1 Å². The molecule has 2 amide bonds. The minimum absolute atomic E-state index is 0.265. The zero-order valence-electron chi connectivity index (χ0n) is 15.1. The van der Waals surface area contributed by atoms with Crippen molar-refractivity contribution in [3.8, 4) is 5.69 Å². The van der Waals surface area contributed by atoms with E-state index in [2.05, 4.69) is 39.8 Å². The average molecular weight is 370 g/mol. The predicted molar refractivity (Wildman–Crippen MR) is 103 cm³/mol. The number of nitrogens with one attached hydrogen (secondary N) is 2. The molecular weight excluding hydrogens is 348 g/mol. The van der Waals surface area contributed by atoms with Crippen molar-refractivity contribution in [2.24, 2.45) is 0 Å². The molecule has 7 nitrogen and oxygen atoms in total. The molecule has 3 aromatic rings. The third-order valence-corrected chi connectivity index (χ3v) is 4.65. The molecule has 3 rings (SSSR count). The molecule has 8 heteroatoms. The van der Waals surface area contributed by atoms with Crippen LogP contribution in [-0.2, 0) is 6.42 Å². The Morgan fingerprint density at radius 1 is 1.23 bits per heavy atom. The van der Waals surface area contributed by atoms with E-state index in [0.29, 0.717) is 18.8 Å². The number of carbonyl (C=O) groups is 1. The molecule has 0 radical (unpaired) electrons. The van der Waals surface area contributed by atoms with Crippen LogP contribution in [0.1, 0.15) is 35.5 Å². The second-order valence-corrected chi connectivity index (χ2v) is 7.47. The van der Waals surface area contributed by atoms with E-state index in [-0.39, 0.29) is 11.9 Å². The van der Waals surface area contributed by atoms with E-state index in [1.165, 1.54) is 0 Å². The Morgan fingerprint density at radius 3 is 2.65 bits per heavy atom. The van der Waals surface area contributed by atoms with Crippen molar-refractivity contribution in [3.05, 3.63) is 52.1 Å². The molecule has 0 aliphatic rings. The highest BCUT2D eigenvalue weighted by Gasteiger charge is 2.14. The number of aryl methyl sites for hydroxylation is 1. The molecule has 1 aromatic carbocycles. The molecule has 0 unspecified atom stereocenters. The number of aromatic nitrogens is 4. The second-order valence-electron chi connectivity index (χ2n) is 6.20. The molecule has 0 aliphatic carbocycles. The summed E-state index contributed by atoms with van der Waals surface area (Å²) in [7, 11) is 0. The van der Waals surface area contributed by atoms with Crippen LogP contribution in [0, 0.1) is 6.92 Å². The second kappa shape index (κ2) is 8.09. The van der Waals surface area contributed by atoms with Crippen LogP contribution < -0.4 is 10.6 Å². The summed E-state index contributed by atoms with van der Waals surface area (Å²) in [5.41, 5.74) is 1.83. The molecule has 136 valence electrons. The van der Waals surface area contributed by atoms with Gasteiger partial charge in [0.2, 0.25) is 0 Å². The first-order valence-electron chi connectivity index (χ1n) is 8.52. The van der Waals surface area contributed by atoms with Crippen molar-refractivity contribution in [3.63, 3.8) is 0 Å². The molecule has 0 bridgehead atoms. The van der Waals surface area contributed by atoms with Gasteiger partial charge in [-0.25, -0.2) is 9.48 Å². The Bertz CT molecular complexity index is 871. The first-order valence-corrected chi connectivity index (χ1v) is 9.34. The Morgan fingerprint density at radius 2 is 2.00 bits per heavy atom. The molecular formula is C18H22N6OS. The molecule has 26 heavy (non-hydrogen) atoms. The van der Waals surface area contributed by atoms with E-state index in [1.807, 2.05) is 43.3 Å². The molecule has 0 saturated heterocycles. The van der Waals surface area contributed by atoms with E-state index in [1.54, 1.807) is 16.0 Å². The smallest absolute Gasteiger partial charge is 0.320 e. The lowest BCUT2D eigenvalue weighted by atomic mass is 10.1. The van der Waals surface area contributed by atoms with Crippen molar-refractivity contribution < 1.29 is 4.79 Å². The summed E-state index contributed by atoms with van der Waals surface area (Å²) < 4.78 is 1.75. The monoisotopic (exact) mass is 370 g/mol. The number of anilines is 1. The number of hydrogen-bond acceptors (Lipinski definition) is 5. The molecule has 2 aromatic heterocycles. The molecule has 0 spiro atoms. The van der Waals surface area contributed by atoms with Gasteiger partial charge in [-0.2, -0.15) is 5.10 Å². The summed E-state index contributed by atoms with van der Waals surface area (Å²) in [6, 6.07) is 11.4. The minimum atomic E-state index is -0.265. The van der Waals surface area contributed by atoms with Crippen molar-refractivity contribution in [1.29, 1.82) is 0 Å². The third kappa shape index (κ3) is 4.45. The largest absolute Gasteiger partial charge is 0.337 e. The first kappa shape index (κ1) is 18.1. The van der Waals surface area contributed by atoms with Crippen LogP contribution in [0.4, 0.5) is 10.6 Å². The highest BCUT2D eigenvalue weighted by atomic mass is 32.1. The number of rotatable bonds is 6. The van der Waals surface area contributed by atoms with Gasteiger partial charge in [0, 0.05) is 19.0 Å². The molecule has 0 atom stereocenters. The molecule has 0 aliphatic heterocycles. The van der Waals surface area contributed by atoms with Crippen LogP contribution >= 0.6 is 11.3 Å². The van der Waals surface area contributed by atoms with Gasteiger partial charge in [-0.3, -0.25) is 5.32 Å². The highest BCUT2D eigenvalue weighted by molar-refractivity contribution is 7.11. The number of benzene rings is 1. The fourth-order valence-corrected chi connectivity index (χ4v) is 3.13. The van der Waals surface area contributed by atoms with Crippen molar-refractivity contribution in [1.82, 2.24) is 25.3 Å². The first-order chi connectivity index (χ1) is 12.5. The Labute approximate surface area is 156 Å². The number of amides is 2. The van der Waals surface area contributed by atoms with E-state index < -0.39 is 0 Å². The van der Waals surface area contributed by atoms with Crippen LogP contribution in [0.3, 0.4) is 0 Å². The van der Waals surface area contributed by atoms with Gasteiger partial charge in [-0.1, -0.05) is 32.0 Å². The van der Waals surface area contributed by atoms with Gasteiger partial charge in [-0.15, -0.1) is 21.5 Å². The Kier molecular flexibility index (Phi) is 5.62. The maximum atomic E-state index is 12.3. The highest BCUT2D eigenvalue weighted by Crippen LogP contribution is 2.21. The molecule has 0 saturated carbocycles. The predicted octanol–water partition coefficient (Wildman–Crippen LogP) is 3.52. The van der Waals surface area contributed by atoms with Gasteiger partial charge < -0.3 is 5.32 Å². The van der Waals surface area contributed by atoms with Gasteiger partial charge in [-0.05, 0) is 25.0 Å². The summed E-state index contributed by atoms with van der Waals surface area (Å²) in [6.07, 6.45) is 0.661. The minimum Gasteiger partial charge on any atom is -0.337 e.